The second-order valence-electron chi connectivity index (χ2n) is 6.09. The zero-order valence-corrected chi connectivity index (χ0v) is 12.7. The molecule has 0 saturated carbocycles. The minimum absolute atomic E-state index is 0.114. The number of rotatable bonds is 5. The van der Waals surface area contributed by atoms with E-state index < -0.39 is 0 Å². The van der Waals surface area contributed by atoms with Gasteiger partial charge in [-0.3, -0.25) is 4.79 Å². The highest BCUT2D eigenvalue weighted by molar-refractivity contribution is 7.12. The fourth-order valence-electron chi connectivity index (χ4n) is 1.61. The Morgan fingerprint density at radius 3 is 2.39 bits per heavy atom. The van der Waals surface area contributed by atoms with Crippen LogP contribution in [0.15, 0.2) is 12.1 Å². The number of nitrogens with two attached hydrogens (primary N) is 1. The van der Waals surface area contributed by atoms with Crippen LogP contribution in [0.2, 0.25) is 0 Å². The van der Waals surface area contributed by atoms with E-state index in [1.807, 2.05) is 6.07 Å². The molecule has 3 N–H and O–H groups in total. The van der Waals surface area contributed by atoms with Gasteiger partial charge in [-0.15, -0.1) is 11.3 Å². The number of hydrogen-bond donors (Lipinski definition) is 2. The molecule has 1 aromatic rings. The highest BCUT2D eigenvalue weighted by Crippen LogP contribution is 2.32. The molecule has 0 aliphatic carbocycles. The third-order valence-corrected chi connectivity index (χ3v) is 4.24. The van der Waals surface area contributed by atoms with Crippen molar-refractivity contribution in [1.29, 1.82) is 0 Å². The summed E-state index contributed by atoms with van der Waals surface area (Å²) in [6.07, 6.45) is 0. The Morgan fingerprint density at radius 1 is 1.39 bits per heavy atom. The number of primary amides is 1. The van der Waals surface area contributed by atoms with E-state index in [2.05, 4.69) is 46.0 Å². The summed E-state index contributed by atoms with van der Waals surface area (Å²) < 4.78 is 0. The molecule has 18 heavy (non-hydrogen) atoms. The van der Waals surface area contributed by atoms with Crippen molar-refractivity contribution in [2.24, 2.45) is 11.7 Å². The second-order valence-corrected chi connectivity index (χ2v) is 7.20. The minimum Gasteiger partial charge on any atom is -0.368 e. The molecule has 0 bridgehead atoms. The maximum absolute atomic E-state index is 11.5. The first-order valence-electron chi connectivity index (χ1n) is 6.34. The van der Waals surface area contributed by atoms with Gasteiger partial charge < -0.3 is 11.1 Å². The fraction of sp³-hybridized carbons (Fsp3) is 0.643. The zero-order valence-electron chi connectivity index (χ0n) is 11.9. The second kappa shape index (κ2) is 5.85. The first-order chi connectivity index (χ1) is 8.21. The first kappa shape index (κ1) is 15.2. The molecule has 0 aliphatic heterocycles. The Bertz CT molecular complexity index is 404. The molecular weight excluding hydrogens is 244 g/mol. The Kier molecular flexibility index (Phi) is 4.93. The van der Waals surface area contributed by atoms with E-state index in [0.29, 0.717) is 5.92 Å². The highest BCUT2D eigenvalue weighted by atomic mass is 32.1. The van der Waals surface area contributed by atoms with Crippen LogP contribution in [-0.2, 0) is 10.2 Å². The van der Waals surface area contributed by atoms with E-state index in [4.69, 9.17) is 5.73 Å². The predicted molar refractivity (Wildman–Crippen MR) is 77.8 cm³/mol. The molecule has 3 nitrogen and oxygen atoms in total. The molecule has 1 atom stereocenters. The van der Waals surface area contributed by atoms with Crippen molar-refractivity contribution < 1.29 is 4.79 Å². The SMILES string of the molecule is CC(C)CNC(C(N)=O)c1ccc(C(C)(C)C)s1. The Balaban J connectivity index is 2.87. The molecule has 0 aromatic carbocycles. The molecule has 102 valence electrons. The summed E-state index contributed by atoms with van der Waals surface area (Å²) in [5.41, 5.74) is 5.59. The van der Waals surface area contributed by atoms with Gasteiger partial charge in [-0.25, -0.2) is 0 Å². The van der Waals surface area contributed by atoms with Gasteiger partial charge >= 0.3 is 0 Å². The smallest absolute Gasteiger partial charge is 0.239 e. The van der Waals surface area contributed by atoms with Gasteiger partial charge in [0.15, 0.2) is 0 Å². The summed E-state index contributed by atoms with van der Waals surface area (Å²) in [4.78, 5) is 13.8. The lowest BCUT2D eigenvalue weighted by Crippen LogP contribution is -2.35. The predicted octanol–water partition coefficient (Wildman–Crippen LogP) is 2.82. The molecule has 4 heteroatoms. The summed E-state index contributed by atoms with van der Waals surface area (Å²) in [7, 11) is 0. The fourth-order valence-corrected chi connectivity index (χ4v) is 2.76. The Hall–Kier alpha value is -0.870. The number of thiophene rings is 1. The van der Waals surface area contributed by atoms with Crippen LogP contribution in [0.25, 0.3) is 0 Å². The molecule has 0 fully saturated rings. The van der Waals surface area contributed by atoms with E-state index in [0.717, 1.165) is 11.4 Å². The topological polar surface area (TPSA) is 55.1 Å². The van der Waals surface area contributed by atoms with Crippen LogP contribution in [0.4, 0.5) is 0 Å². The molecule has 0 spiro atoms. The number of hydrogen-bond acceptors (Lipinski definition) is 3. The maximum atomic E-state index is 11.5. The molecule has 0 saturated heterocycles. The molecule has 0 radical (unpaired) electrons. The lowest BCUT2D eigenvalue weighted by Gasteiger charge is -2.17. The van der Waals surface area contributed by atoms with Crippen molar-refractivity contribution in [2.45, 2.75) is 46.1 Å². The largest absolute Gasteiger partial charge is 0.368 e. The van der Waals surface area contributed by atoms with Crippen LogP contribution in [0.1, 0.15) is 50.4 Å². The van der Waals surface area contributed by atoms with E-state index in [-0.39, 0.29) is 17.4 Å². The molecular formula is C14H24N2OS. The van der Waals surface area contributed by atoms with Crippen LogP contribution >= 0.6 is 11.3 Å². The molecule has 0 aliphatic rings. The van der Waals surface area contributed by atoms with Gasteiger partial charge in [0.1, 0.15) is 6.04 Å². The van der Waals surface area contributed by atoms with Crippen molar-refractivity contribution in [3.05, 3.63) is 21.9 Å². The number of carbonyl (C=O) groups is 1. The number of carbonyl (C=O) groups excluding carboxylic acids is 1. The third-order valence-electron chi connectivity index (χ3n) is 2.67. The molecule has 1 aromatic heterocycles. The van der Waals surface area contributed by atoms with Crippen molar-refractivity contribution in [3.8, 4) is 0 Å². The van der Waals surface area contributed by atoms with E-state index >= 15 is 0 Å². The van der Waals surface area contributed by atoms with Gasteiger partial charge in [0.25, 0.3) is 0 Å². The van der Waals surface area contributed by atoms with Gasteiger partial charge in [-0.05, 0) is 30.0 Å². The molecule has 1 amide bonds. The van der Waals surface area contributed by atoms with Crippen LogP contribution in [0.3, 0.4) is 0 Å². The summed E-state index contributed by atoms with van der Waals surface area (Å²) in [5.74, 6) is 0.187. The van der Waals surface area contributed by atoms with Crippen molar-refractivity contribution in [2.75, 3.05) is 6.54 Å². The maximum Gasteiger partial charge on any atom is 0.239 e. The van der Waals surface area contributed by atoms with E-state index in [9.17, 15) is 4.79 Å². The van der Waals surface area contributed by atoms with Crippen LogP contribution in [0, 0.1) is 5.92 Å². The van der Waals surface area contributed by atoms with Crippen LogP contribution in [-0.4, -0.2) is 12.5 Å². The highest BCUT2D eigenvalue weighted by Gasteiger charge is 2.22. The minimum atomic E-state index is -0.367. The van der Waals surface area contributed by atoms with Gasteiger partial charge in [0, 0.05) is 9.75 Å². The summed E-state index contributed by atoms with van der Waals surface area (Å²) >= 11 is 1.66. The average molecular weight is 268 g/mol. The zero-order chi connectivity index (χ0) is 13.9. The first-order valence-corrected chi connectivity index (χ1v) is 7.16. The Morgan fingerprint density at radius 2 is 2.00 bits per heavy atom. The van der Waals surface area contributed by atoms with Gasteiger partial charge in [-0.1, -0.05) is 34.6 Å². The van der Waals surface area contributed by atoms with Gasteiger partial charge in [0.05, 0.1) is 0 Å². The lowest BCUT2D eigenvalue weighted by molar-refractivity contribution is -0.120. The normalized spacial score (nSPS) is 13.9. The van der Waals surface area contributed by atoms with Gasteiger partial charge in [0.2, 0.25) is 5.91 Å². The standard InChI is InChI=1S/C14H24N2OS/c1-9(2)8-16-12(13(15)17)10-6-7-11(18-10)14(3,4)5/h6-7,9,12,16H,8H2,1-5H3,(H2,15,17). The van der Waals surface area contributed by atoms with Gasteiger partial charge in [-0.2, -0.15) is 0 Å². The molecule has 1 rings (SSSR count). The monoisotopic (exact) mass is 268 g/mol. The lowest BCUT2D eigenvalue weighted by atomic mass is 9.95. The molecule has 1 unspecified atom stereocenters. The van der Waals surface area contributed by atoms with E-state index in [1.54, 1.807) is 11.3 Å². The van der Waals surface area contributed by atoms with Crippen LogP contribution in [0.5, 0.6) is 0 Å². The number of nitrogens with one attached hydrogen (secondary N) is 1. The van der Waals surface area contributed by atoms with Crippen LogP contribution < -0.4 is 11.1 Å². The molecule has 1 heterocycles. The van der Waals surface area contributed by atoms with Crippen molar-refractivity contribution >= 4 is 17.2 Å². The summed E-state index contributed by atoms with van der Waals surface area (Å²) in [6, 6.07) is 3.73. The average Bonchev–Trinajstić information content (AvgIpc) is 2.65. The Labute approximate surface area is 114 Å². The quantitative estimate of drug-likeness (QED) is 0.862. The third kappa shape index (κ3) is 4.10. The van der Waals surface area contributed by atoms with E-state index in [1.165, 1.54) is 4.88 Å². The van der Waals surface area contributed by atoms with Crippen molar-refractivity contribution in [3.63, 3.8) is 0 Å². The van der Waals surface area contributed by atoms with Crippen molar-refractivity contribution in [1.82, 2.24) is 5.32 Å². The summed E-state index contributed by atoms with van der Waals surface area (Å²) in [6.45, 7) is 11.5. The number of amides is 1. The summed E-state index contributed by atoms with van der Waals surface area (Å²) in [5, 5.41) is 3.24.